The molecule has 0 unspecified atom stereocenters. The Morgan fingerprint density at radius 1 is 1.26 bits per heavy atom. The molecule has 2 heterocycles. The lowest BCUT2D eigenvalue weighted by molar-refractivity contribution is -0.131. The van der Waals surface area contributed by atoms with Gasteiger partial charge in [-0.05, 0) is 30.5 Å². The summed E-state index contributed by atoms with van der Waals surface area (Å²) in [6.07, 6.45) is 2.97. The van der Waals surface area contributed by atoms with E-state index in [0.29, 0.717) is 11.8 Å². The lowest BCUT2D eigenvalue weighted by atomic mass is 9.88. The third-order valence-electron chi connectivity index (χ3n) is 4.83. The van der Waals surface area contributed by atoms with Crippen LogP contribution >= 0.6 is 15.9 Å². The minimum Gasteiger partial charge on any atom is -0.365 e. The summed E-state index contributed by atoms with van der Waals surface area (Å²) in [7, 11) is 0. The highest BCUT2D eigenvalue weighted by molar-refractivity contribution is 9.10. The van der Waals surface area contributed by atoms with Crippen molar-refractivity contribution in [3.8, 4) is 0 Å². The highest BCUT2D eigenvalue weighted by atomic mass is 79.9. The number of ketones is 1. The maximum Gasteiger partial charge on any atom is 0.150 e. The molecule has 0 radical (unpaired) electrons. The second-order valence-corrected chi connectivity index (χ2v) is 6.66. The van der Waals surface area contributed by atoms with Crippen molar-refractivity contribution in [3.63, 3.8) is 0 Å². The fourth-order valence-electron chi connectivity index (χ4n) is 3.69. The number of benzene rings is 1. The number of hydrogen-bond acceptors (Lipinski definition) is 3. The van der Waals surface area contributed by atoms with Gasteiger partial charge < -0.3 is 4.90 Å². The molecule has 19 heavy (non-hydrogen) atoms. The summed E-state index contributed by atoms with van der Waals surface area (Å²) < 4.78 is 1.23. The second kappa shape index (κ2) is 4.32. The van der Waals surface area contributed by atoms with Crippen LogP contribution in [0.2, 0.25) is 0 Å². The van der Waals surface area contributed by atoms with Crippen LogP contribution in [-0.2, 0) is 11.2 Å². The van der Waals surface area contributed by atoms with E-state index in [1.54, 1.807) is 0 Å². The summed E-state index contributed by atoms with van der Waals surface area (Å²) in [5.74, 6) is 0.449. The molecule has 0 N–H and O–H groups in total. The van der Waals surface area contributed by atoms with E-state index in [4.69, 9.17) is 0 Å². The summed E-state index contributed by atoms with van der Waals surface area (Å²) >= 11 is 3.67. The van der Waals surface area contributed by atoms with Crippen molar-refractivity contribution in [3.05, 3.63) is 28.2 Å². The molecular weight excluding hydrogens is 304 g/mol. The van der Waals surface area contributed by atoms with E-state index in [1.165, 1.54) is 15.7 Å². The lowest BCUT2D eigenvalue weighted by Gasteiger charge is -2.44. The molecule has 0 bridgehead atoms. The van der Waals surface area contributed by atoms with Gasteiger partial charge in [0.05, 0.1) is 6.04 Å². The first-order valence-electron chi connectivity index (χ1n) is 7.05. The van der Waals surface area contributed by atoms with Gasteiger partial charge in [-0.2, -0.15) is 0 Å². The smallest absolute Gasteiger partial charge is 0.150 e. The van der Waals surface area contributed by atoms with Crippen molar-refractivity contribution in [1.82, 2.24) is 4.90 Å². The number of nitrogens with zero attached hydrogens (tertiary/aromatic N) is 2. The molecule has 3 aliphatic rings. The van der Waals surface area contributed by atoms with Crippen LogP contribution < -0.4 is 4.90 Å². The van der Waals surface area contributed by atoms with Gasteiger partial charge in [0.15, 0.2) is 0 Å². The minimum atomic E-state index is 0.231. The number of halogens is 1. The van der Waals surface area contributed by atoms with E-state index in [-0.39, 0.29) is 6.04 Å². The normalized spacial score (nSPS) is 29.9. The first-order chi connectivity index (χ1) is 9.24. The zero-order chi connectivity index (χ0) is 13.0. The molecule has 0 aromatic heterocycles. The summed E-state index contributed by atoms with van der Waals surface area (Å²) in [5, 5.41) is 0. The van der Waals surface area contributed by atoms with E-state index in [9.17, 15) is 4.79 Å². The van der Waals surface area contributed by atoms with E-state index < -0.39 is 0 Å². The van der Waals surface area contributed by atoms with Crippen molar-refractivity contribution >= 4 is 27.4 Å². The Bertz CT molecular complexity index is 545. The predicted octanol–water partition coefficient (Wildman–Crippen LogP) is 2.23. The standard InChI is InChI=1S/C15H17BrN2O/c16-12-2-1-3-13-11(12)8-10-9-17(6-7-18(10)13)14-4-5-15(14)19/h1-3,10,14H,4-9H2/t10-,14-/m0/s1. The molecule has 0 spiro atoms. The molecule has 4 heteroatoms. The largest absolute Gasteiger partial charge is 0.365 e. The van der Waals surface area contributed by atoms with E-state index >= 15 is 0 Å². The average Bonchev–Trinajstić information content (AvgIpc) is 2.76. The van der Waals surface area contributed by atoms with Crippen molar-refractivity contribution in [2.75, 3.05) is 24.5 Å². The minimum absolute atomic E-state index is 0.231. The van der Waals surface area contributed by atoms with Crippen LogP contribution in [0.5, 0.6) is 0 Å². The Morgan fingerprint density at radius 2 is 2.16 bits per heavy atom. The van der Waals surface area contributed by atoms with E-state index in [0.717, 1.165) is 38.9 Å². The van der Waals surface area contributed by atoms with Crippen molar-refractivity contribution < 1.29 is 4.79 Å². The summed E-state index contributed by atoms with van der Waals surface area (Å²) in [4.78, 5) is 16.6. The monoisotopic (exact) mass is 320 g/mol. The zero-order valence-corrected chi connectivity index (χ0v) is 12.4. The van der Waals surface area contributed by atoms with Crippen molar-refractivity contribution in [1.29, 1.82) is 0 Å². The molecule has 1 saturated carbocycles. The Morgan fingerprint density at radius 3 is 2.89 bits per heavy atom. The van der Waals surface area contributed by atoms with Crippen LogP contribution in [0.3, 0.4) is 0 Å². The number of Topliss-reactive ketones (excluding diaryl/α,β-unsaturated/α-hetero) is 1. The van der Waals surface area contributed by atoms with E-state index in [2.05, 4.69) is 43.9 Å². The maximum absolute atomic E-state index is 11.6. The molecule has 2 fully saturated rings. The second-order valence-electron chi connectivity index (χ2n) is 5.80. The van der Waals surface area contributed by atoms with Crippen molar-refractivity contribution in [2.24, 2.45) is 0 Å². The SMILES string of the molecule is O=C1CC[C@@H]1N1CCN2c3cccc(Br)c3C[C@H]2C1. The van der Waals surface area contributed by atoms with Crippen molar-refractivity contribution in [2.45, 2.75) is 31.3 Å². The van der Waals surface area contributed by atoms with Gasteiger partial charge in [-0.3, -0.25) is 9.69 Å². The third kappa shape index (κ3) is 1.77. The molecule has 2 aliphatic heterocycles. The Labute approximate surface area is 121 Å². The summed E-state index contributed by atoms with van der Waals surface area (Å²) in [5.41, 5.74) is 2.83. The highest BCUT2D eigenvalue weighted by Crippen LogP contribution is 2.39. The number of carbonyl (C=O) groups is 1. The summed E-state index contributed by atoms with van der Waals surface area (Å²) in [6, 6.07) is 7.26. The van der Waals surface area contributed by atoms with Crippen LogP contribution in [-0.4, -0.2) is 42.4 Å². The van der Waals surface area contributed by atoms with Gasteiger partial charge in [0.1, 0.15) is 5.78 Å². The number of hydrogen-bond donors (Lipinski definition) is 0. The first kappa shape index (κ1) is 11.9. The Balaban J connectivity index is 1.56. The molecule has 1 saturated heterocycles. The van der Waals surface area contributed by atoms with Crippen LogP contribution in [0.15, 0.2) is 22.7 Å². The quantitative estimate of drug-likeness (QED) is 0.792. The summed E-state index contributed by atoms with van der Waals surface area (Å²) in [6.45, 7) is 3.12. The molecule has 1 aromatic carbocycles. The van der Waals surface area contributed by atoms with Gasteiger partial charge in [0.2, 0.25) is 0 Å². The van der Waals surface area contributed by atoms with Gasteiger partial charge in [0, 0.05) is 42.3 Å². The zero-order valence-electron chi connectivity index (χ0n) is 10.8. The molecule has 3 nitrogen and oxygen atoms in total. The molecule has 2 atom stereocenters. The average molecular weight is 321 g/mol. The predicted molar refractivity (Wildman–Crippen MR) is 78.6 cm³/mol. The molecule has 4 rings (SSSR count). The fraction of sp³-hybridized carbons (Fsp3) is 0.533. The van der Waals surface area contributed by atoms with Crippen LogP contribution in [0.1, 0.15) is 18.4 Å². The lowest BCUT2D eigenvalue weighted by Crippen LogP contribution is -2.59. The number of carbonyl (C=O) groups excluding carboxylic acids is 1. The van der Waals surface area contributed by atoms with Gasteiger partial charge in [-0.25, -0.2) is 0 Å². The van der Waals surface area contributed by atoms with E-state index in [1.807, 2.05) is 0 Å². The highest BCUT2D eigenvalue weighted by Gasteiger charge is 2.40. The fourth-order valence-corrected chi connectivity index (χ4v) is 4.20. The molecule has 1 aromatic rings. The molecular formula is C15H17BrN2O. The van der Waals surface area contributed by atoms with Crippen LogP contribution in [0, 0.1) is 0 Å². The number of anilines is 1. The van der Waals surface area contributed by atoms with Gasteiger partial charge in [-0.1, -0.05) is 22.0 Å². The number of fused-ring (bicyclic) bond motifs is 3. The van der Waals surface area contributed by atoms with Gasteiger partial charge in [0.25, 0.3) is 0 Å². The Kier molecular flexibility index (Phi) is 2.71. The molecule has 100 valence electrons. The van der Waals surface area contributed by atoms with Crippen LogP contribution in [0.4, 0.5) is 5.69 Å². The van der Waals surface area contributed by atoms with Crippen LogP contribution in [0.25, 0.3) is 0 Å². The topological polar surface area (TPSA) is 23.6 Å². The third-order valence-corrected chi connectivity index (χ3v) is 5.58. The first-order valence-corrected chi connectivity index (χ1v) is 7.84. The van der Waals surface area contributed by atoms with Gasteiger partial charge >= 0.3 is 0 Å². The Hall–Kier alpha value is -0.870. The molecule has 1 aliphatic carbocycles. The molecule has 0 amide bonds. The number of piperazine rings is 1. The number of rotatable bonds is 1. The van der Waals surface area contributed by atoms with Gasteiger partial charge in [-0.15, -0.1) is 0 Å². The maximum atomic E-state index is 11.6.